The van der Waals surface area contributed by atoms with E-state index in [4.69, 9.17) is 25.8 Å². The summed E-state index contributed by atoms with van der Waals surface area (Å²) < 4.78 is 82.9. The van der Waals surface area contributed by atoms with Crippen molar-refractivity contribution in [3.63, 3.8) is 0 Å². The summed E-state index contributed by atoms with van der Waals surface area (Å²) >= 11 is 6.00. The number of halogens is 4. The molecule has 1 aliphatic heterocycles. The van der Waals surface area contributed by atoms with Crippen LogP contribution in [0, 0.1) is 0 Å². The van der Waals surface area contributed by atoms with Crippen molar-refractivity contribution in [1.29, 1.82) is 0 Å². The molecule has 3 rings (SSSR count). The molecule has 1 unspecified atom stereocenters. The first-order chi connectivity index (χ1) is 18.0. The van der Waals surface area contributed by atoms with E-state index in [1.807, 2.05) is 0 Å². The molecule has 14 heteroatoms. The summed E-state index contributed by atoms with van der Waals surface area (Å²) in [4.78, 5) is 15.8. The van der Waals surface area contributed by atoms with Gasteiger partial charge in [0.15, 0.2) is 0 Å². The SMILES string of the molecule is COCCOc1ccc(CCCS(=O)(=O)NC2CCCCNC2=O)c(Oc2ncc(C(F)(F)F)cc2Cl)c1. The third-order valence-electron chi connectivity index (χ3n) is 5.65. The number of sulfonamides is 1. The van der Waals surface area contributed by atoms with Crippen LogP contribution in [0.3, 0.4) is 0 Å². The molecule has 1 fully saturated rings. The number of hydrogen-bond donors (Lipinski definition) is 2. The summed E-state index contributed by atoms with van der Waals surface area (Å²) in [6, 6.07) is 4.74. The highest BCUT2D eigenvalue weighted by Crippen LogP contribution is 2.36. The standard InChI is InChI=1S/C24H29ClF3N3O6S/c1-35-10-11-36-18-8-7-16(5-4-12-38(33,34)31-20-6-2-3-9-29-22(20)32)21(14-18)37-23-19(25)13-17(15-30-23)24(26,27)28/h7-8,13-15,20,31H,2-6,9-12H2,1H3,(H,29,32). The van der Waals surface area contributed by atoms with E-state index in [0.717, 1.165) is 12.8 Å². The molecule has 1 aromatic carbocycles. The van der Waals surface area contributed by atoms with Gasteiger partial charge in [-0.25, -0.2) is 18.1 Å². The average Bonchev–Trinajstić information content (AvgIpc) is 3.04. The molecule has 9 nitrogen and oxygen atoms in total. The van der Waals surface area contributed by atoms with Gasteiger partial charge in [0.25, 0.3) is 0 Å². The number of pyridine rings is 1. The molecule has 2 heterocycles. The fourth-order valence-electron chi connectivity index (χ4n) is 3.71. The van der Waals surface area contributed by atoms with Crippen molar-refractivity contribution in [2.75, 3.05) is 32.6 Å². The second-order valence-corrected chi connectivity index (χ2v) is 10.9. The Morgan fingerprint density at radius 1 is 1.21 bits per heavy atom. The Balaban J connectivity index is 1.73. The summed E-state index contributed by atoms with van der Waals surface area (Å²) in [7, 11) is -2.23. The van der Waals surface area contributed by atoms with E-state index in [2.05, 4.69) is 15.0 Å². The lowest BCUT2D eigenvalue weighted by atomic mass is 10.1. The van der Waals surface area contributed by atoms with Crippen LogP contribution in [0.2, 0.25) is 5.02 Å². The maximum Gasteiger partial charge on any atom is 0.417 e. The average molecular weight is 580 g/mol. The fraction of sp³-hybridized carbons (Fsp3) is 0.500. The van der Waals surface area contributed by atoms with Gasteiger partial charge in [-0.1, -0.05) is 17.7 Å². The maximum atomic E-state index is 13.0. The van der Waals surface area contributed by atoms with E-state index in [1.54, 1.807) is 12.1 Å². The predicted octanol–water partition coefficient (Wildman–Crippen LogP) is 4.09. The molecular weight excluding hydrogens is 551 g/mol. The number of nitrogens with zero attached hydrogens (tertiary/aromatic N) is 1. The highest BCUT2D eigenvalue weighted by Gasteiger charge is 2.32. The molecule has 38 heavy (non-hydrogen) atoms. The van der Waals surface area contributed by atoms with Crippen molar-refractivity contribution in [3.05, 3.63) is 46.6 Å². The molecule has 0 aliphatic carbocycles. The van der Waals surface area contributed by atoms with Gasteiger partial charge in [-0.3, -0.25) is 4.79 Å². The molecule has 1 aliphatic rings. The van der Waals surface area contributed by atoms with Crippen LogP contribution in [0.15, 0.2) is 30.5 Å². The van der Waals surface area contributed by atoms with Gasteiger partial charge in [-0.05, 0) is 49.8 Å². The number of carbonyl (C=O) groups is 1. The topological polar surface area (TPSA) is 116 Å². The van der Waals surface area contributed by atoms with Gasteiger partial charge in [0.05, 0.1) is 17.9 Å². The van der Waals surface area contributed by atoms with Crippen LogP contribution >= 0.6 is 11.6 Å². The van der Waals surface area contributed by atoms with Crippen LogP contribution in [0.4, 0.5) is 13.2 Å². The van der Waals surface area contributed by atoms with Crippen LogP contribution in [-0.2, 0) is 32.2 Å². The number of alkyl halides is 3. The lowest BCUT2D eigenvalue weighted by molar-refractivity contribution is -0.137. The Kier molecular flexibility index (Phi) is 10.6. The van der Waals surface area contributed by atoms with Gasteiger partial charge in [0, 0.05) is 25.9 Å². The molecule has 2 aromatic rings. The molecular formula is C24H29ClF3N3O6S. The van der Waals surface area contributed by atoms with Gasteiger partial charge < -0.3 is 19.5 Å². The van der Waals surface area contributed by atoms with E-state index in [9.17, 15) is 26.4 Å². The molecule has 0 radical (unpaired) electrons. The molecule has 0 saturated carbocycles. The molecule has 210 valence electrons. The van der Waals surface area contributed by atoms with Crippen molar-refractivity contribution in [2.45, 2.75) is 44.3 Å². The van der Waals surface area contributed by atoms with Crippen LogP contribution in [-0.4, -0.2) is 58.0 Å². The largest absolute Gasteiger partial charge is 0.491 e. The first kappa shape index (κ1) is 29.9. The number of carbonyl (C=O) groups excluding carboxylic acids is 1. The van der Waals surface area contributed by atoms with Crippen molar-refractivity contribution in [1.82, 2.24) is 15.0 Å². The number of hydrogen-bond acceptors (Lipinski definition) is 7. The van der Waals surface area contributed by atoms with Crippen LogP contribution < -0.4 is 19.5 Å². The lowest BCUT2D eigenvalue weighted by Gasteiger charge is -2.16. The number of ether oxygens (including phenoxy) is 3. The summed E-state index contributed by atoms with van der Waals surface area (Å²) in [6.07, 6.45) is -1.65. The molecule has 0 spiro atoms. The summed E-state index contributed by atoms with van der Waals surface area (Å²) in [6.45, 7) is 1.09. The Morgan fingerprint density at radius 3 is 2.71 bits per heavy atom. The minimum atomic E-state index is -4.62. The molecule has 1 amide bonds. The Bertz CT molecular complexity index is 1210. The molecule has 1 aromatic heterocycles. The van der Waals surface area contributed by atoms with Crippen LogP contribution in [0.1, 0.15) is 36.8 Å². The first-order valence-corrected chi connectivity index (χ1v) is 13.9. The Morgan fingerprint density at radius 2 is 2.00 bits per heavy atom. The monoisotopic (exact) mass is 579 g/mol. The number of nitrogens with one attached hydrogen (secondary N) is 2. The molecule has 1 saturated heterocycles. The first-order valence-electron chi connectivity index (χ1n) is 11.9. The fourth-order valence-corrected chi connectivity index (χ4v) is 5.21. The minimum absolute atomic E-state index is 0.179. The highest BCUT2D eigenvalue weighted by atomic mass is 35.5. The number of benzene rings is 1. The normalized spacial score (nSPS) is 16.6. The van der Waals surface area contributed by atoms with E-state index in [0.29, 0.717) is 43.1 Å². The smallest absolute Gasteiger partial charge is 0.417 e. The van der Waals surface area contributed by atoms with Crippen molar-refractivity contribution in [2.24, 2.45) is 0 Å². The Labute approximate surface area is 224 Å². The zero-order valence-electron chi connectivity index (χ0n) is 20.6. The van der Waals surface area contributed by atoms with Crippen LogP contribution in [0.5, 0.6) is 17.4 Å². The van der Waals surface area contributed by atoms with Gasteiger partial charge in [0.1, 0.15) is 29.2 Å². The third kappa shape index (κ3) is 9.00. The lowest BCUT2D eigenvalue weighted by Crippen LogP contribution is -2.46. The number of rotatable bonds is 12. The van der Waals surface area contributed by atoms with Gasteiger partial charge >= 0.3 is 6.18 Å². The molecule has 2 N–H and O–H groups in total. The zero-order valence-corrected chi connectivity index (χ0v) is 22.2. The van der Waals surface area contributed by atoms with E-state index in [-0.39, 0.29) is 47.8 Å². The second kappa shape index (κ2) is 13.5. The number of methoxy groups -OCH3 is 1. The summed E-state index contributed by atoms with van der Waals surface area (Å²) in [5.41, 5.74) is -0.462. The maximum absolute atomic E-state index is 13.0. The number of aromatic nitrogens is 1. The zero-order chi connectivity index (χ0) is 27.8. The van der Waals surface area contributed by atoms with Crippen molar-refractivity contribution >= 4 is 27.5 Å². The second-order valence-electron chi connectivity index (χ2n) is 8.60. The summed E-state index contributed by atoms with van der Waals surface area (Å²) in [5.74, 6) is -0.239. The third-order valence-corrected chi connectivity index (χ3v) is 7.39. The number of amides is 1. The summed E-state index contributed by atoms with van der Waals surface area (Å²) in [5, 5.41) is 2.35. The van der Waals surface area contributed by atoms with Crippen molar-refractivity contribution in [3.8, 4) is 17.4 Å². The van der Waals surface area contributed by atoms with E-state index >= 15 is 0 Å². The Hall–Kier alpha value is -2.61. The van der Waals surface area contributed by atoms with Gasteiger partial charge in [-0.15, -0.1) is 0 Å². The van der Waals surface area contributed by atoms with Crippen LogP contribution in [0.25, 0.3) is 0 Å². The quantitative estimate of drug-likeness (QED) is 0.364. The minimum Gasteiger partial charge on any atom is -0.491 e. The van der Waals surface area contributed by atoms with Gasteiger partial charge in [0.2, 0.25) is 21.8 Å². The highest BCUT2D eigenvalue weighted by molar-refractivity contribution is 7.89. The molecule has 0 bridgehead atoms. The van der Waals surface area contributed by atoms with E-state index < -0.39 is 27.8 Å². The van der Waals surface area contributed by atoms with Gasteiger partial charge in [-0.2, -0.15) is 13.2 Å². The molecule has 1 atom stereocenters. The van der Waals surface area contributed by atoms with E-state index in [1.165, 1.54) is 13.2 Å². The van der Waals surface area contributed by atoms with Crippen molar-refractivity contribution < 1.29 is 40.6 Å². The predicted molar refractivity (Wildman–Crippen MR) is 134 cm³/mol. The number of aryl methyl sites for hydroxylation is 1.